The van der Waals surface area contributed by atoms with E-state index in [1.165, 1.54) is 4.90 Å². The smallest absolute Gasteiger partial charge is 0.337 e. The third-order valence-corrected chi connectivity index (χ3v) is 5.17. The number of nitrogens with zero attached hydrogens (tertiary/aromatic N) is 1. The number of fused-ring (bicyclic) bond motifs is 1. The Morgan fingerprint density at radius 3 is 2.42 bits per heavy atom. The van der Waals surface area contributed by atoms with E-state index in [2.05, 4.69) is 0 Å². The van der Waals surface area contributed by atoms with E-state index in [1.807, 2.05) is 60.7 Å². The summed E-state index contributed by atoms with van der Waals surface area (Å²) in [7, 11) is 0. The molecule has 1 amide bonds. The van der Waals surface area contributed by atoms with Gasteiger partial charge in [-0.15, -0.1) is 0 Å². The fourth-order valence-electron chi connectivity index (χ4n) is 3.58. The molecule has 0 saturated carbocycles. The van der Waals surface area contributed by atoms with Crippen LogP contribution in [0.4, 0.5) is 0 Å². The van der Waals surface area contributed by atoms with Crippen LogP contribution in [0.25, 0.3) is 6.08 Å². The molecule has 0 bridgehead atoms. The molecule has 2 fully saturated rings. The van der Waals surface area contributed by atoms with Gasteiger partial charge in [-0.1, -0.05) is 72.8 Å². The molecule has 1 unspecified atom stereocenters. The van der Waals surface area contributed by atoms with E-state index >= 15 is 0 Å². The number of carboxylic acids is 1. The third kappa shape index (κ3) is 4.35. The van der Waals surface area contributed by atoms with E-state index in [1.54, 1.807) is 12.2 Å². The van der Waals surface area contributed by atoms with E-state index in [0.29, 0.717) is 0 Å². The molecule has 2 aliphatic rings. The number of allylic oxidation sites excluding steroid dienone is 1. The quantitative estimate of drug-likeness (QED) is 0.421. The highest BCUT2D eigenvalue weighted by atomic mass is 16.6. The minimum Gasteiger partial charge on any atom is -0.478 e. The van der Waals surface area contributed by atoms with E-state index in [-0.39, 0.29) is 36.7 Å². The van der Waals surface area contributed by atoms with Crippen LogP contribution in [-0.2, 0) is 30.5 Å². The van der Waals surface area contributed by atoms with Gasteiger partial charge in [-0.05, 0) is 11.1 Å². The first-order valence-electron chi connectivity index (χ1n) is 9.91. The first kappa shape index (κ1) is 20.4. The number of hydrogen-bond donors (Lipinski definition) is 1. The number of benzene rings is 2. The fraction of sp³-hybridized carbons (Fsp3) is 0.208. The minimum absolute atomic E-state index is 0.0203. The van der Waals surface area contributed by atoms with Gasteiger partial charge in [0.15, 0.2) is 12.3 Å². The second kappa shape index (κ2) is 8.87. The molecule has 1 N–H and O–H groups in total. The highest BCUT2D eigenvalue weighted by Gasteiger charge is 2.55. The SMILES string of the molecule is O=C(O)/C(C/C=C/c1ccccc1)=C1\O[C@@H]2CC(=O)N2C1C(=O)OCc1ccccc1. The Morgan fingerprint density at radius 2 is 1.77 bits per heavy atom. The number of carbonyl (C=O) groups excluding carboxylic acids is 2. The molecule has 31 heavy (non-hydrogen) atoms. The summed E-state index contributed by atoms with van der Waals surface area (Å²) in [6.07, 6.45) is 3.00. The normalized spacial score (nSPS) is 21.3. The number of ether oxygens (including phenoxy) is 2. The van der Waals surface area contributed by atoms with Crippen molar-refractivity contribution in [1.82, 2.24) is 4.90 Å². The van der Waals surface area contributed by atoms with Crippen molar-refractivity contribution < 1.29 is 29.0 Å². The Balaban J connectivity index is 1.57. The lowest BCUT2D eigenvalue weighted by Gasteiger charge is -2.33. The molecule has 2 aromatic carbocycles. The van der Waals surface area contributed by atoms with Gasteiger partial charge in [0.1, 0.15) is 12.4 Å². The number of amides is 1. The molecule has 7 heteroatoms. The number of carboxylic acid groups (broad SMARTS) is 1. The number of esters is 1. The van der Waals surface area contributed by atoms with Crippen molar-refractivity contribution in [2.75, 3.05) is 0 Å². The van der Waals surface area contributed by atoms with Crippen LogP contribution in [0.3, 0.4) is 0 Å². The monoisotopic (exact) mass is 419 g/mol. The molecular formula is C24H21NO6. The van der Waals surface area contributed by atoms with Gasteiger partial charge in [-0.25, -0.2) is 9.59 Å². The lowest BCUT2D eigenvalue weighted by molar-refractivity contribution is -0.166. The number of rotatable bonds is 7. The maximum absolute atomic E-state index is 12.8. The Hall–Kier alpha value is -3.87. The largest absolute Gasteiger partial charge is 0.478 e. The highest BCUT2D eigenvalue weighted by Crippen LogP contribution is 2.39. The van der Waals surface area contributed by atoms with Crippen molar-refractivity contribution >= 4 is 23.9 Å². The zero-order valence-electron chi connectivity index (χ0n) is 16.6. The van der Waals surface area contributed by atoms with Crippen LogP contribution in [0, 0.1) is 0 Å². The van der Waals surface area contributed by atoms with E-state index in [4.69, 9.17) is 9.47 Å². The average molecular weight is 419 g/mol. The zero-order chi connectivity index (χ0) is 21.8. The van der Waals surface area contributed by atoms with Gasteiger partial charge in [0.2, 0.25) is 5.91 Å². The van der Waals surface area contributed by atoms with Gasteiger partial charge in [0.05, 0.1) is 12.0 Å². The number of aliphatic carboxylic acids is 1. The fourth-order valence-corrected chi connectivity index (χ4v) is 3.58. The van der Waals surface area contributed by atoms with Gasteiger partial charge in [-0.2, -0.15) is 0 Å². The van der Waals surface area contributed by atoms with E-state index in [0.717, 1.165) is 11.1 Å². The van der Waals surface area contributed by atoms with Crippen LogP contribution in [-0.4, -0.2) is 40.1 Å². The van der Waals surface area contributed by atoms with Crippen molar-refractivity contribution in [2.24, 2.45) is 0 Å². The molecule has 0 aromatic heterocycles. The van der Waals surface area contributed by atoms with Crippen molar-refractivity contribution in [3.8, 4) is 0 Å². The lowest BCUT2D eigenvalue weighted by atomic mass is 10.0. The summed E-state index contributed by atoms with van der Waals surface area (Å²) in [6.45, 7) is 0.0203. The second-order valence-corrected chi connectivity index (χ2v) is 7.24. The predicted molar refractivity (Wildman–Crippen MR) is 111 cm³/mol. The van der Waals surface area contributed by atoms with Crippen molar-refractivity contribution in [2.45, 2.75) is 31.7 Å². The average Bonchev–Trinajstić information content (AvgIpc) is 3.08. The Morgan fingerprint density at radius 1 is 1.10 bits per heavy atom. The van der Waals surface area contributed by atoms with Crippen molar-refractivity contribution in [3.05, 3.63) is 89.2 Å². The van der Waals surface area contributed by atoms with Crippen LogP contribution in [0.5, 0.6) is 0 Å². The topological polar surface area (TPSA) is 93.1 Å². The van der Waals surface area contributed by atoms with Gasteiger partial charge < -0.3 is 14.6 Å². The molecule has 4 rings (SSSR count). The summed E-state index contributed by atoms with van der Waals surface area (Å²) in [5.74, 6) is -2.21. The summed E-state index contributed by atoms with van der Waals surface area (Å²) in [6, 6.07) is 17.4. The molecule has 158 valence electrons. The van der Waals surface area contributed by atoms with Gasteiger partial charge in [0, 0.05) is 6.42 Å². The summed E-state index contributed by atoms with van der Waals surface area (Å²) >= 11 is 0. The molecule has 0 aliphatic carbocycles. The Bertz CT molecular complexity index is 1040. The van der Waals surface area contributed by atoms with Gasteiger partial charge in [0.25, 0.3) is 0 Å². The van der Waals surface area contributed by atoms with Crippen LogP contribution in [0.1, 0.15) is 24.0 Å². The highest BCUT2D eigenvalue weighted by molar-refractivity contribution is 5.95. The summed E-state index contributed by atoms with van der Waals surface area (Å²) in [4.78, 5) is 38.2. The molecule has 0 spiro atoms. The maximum atomic E-state index is 12.8. The summed E-state index contributed by atoms with van der Waals surface area (Å²) in [5.41, 5.74) is 1.63. The van der Waals surface area contributed by atoms with E-state index in [9.17, 15) is 19.5 Å². The first-order valence-corrected chi connectivity index (χ1v) is 9.91. The lowest BCUT2D eigenvalue weighted by Crippen LogP contribution is -2.55. The zero-order valence-corrected chi connectivity index (χ0v) is 16.6. The predicted octanol–water partition coefficient (Wildman–Crippen LogP) is 3.13. The summed E-state index contributed by atoms with van der Waals surface area (Å²) < 4.78 is 11.1. The first-order chi connectivity index (χ1) is 15.0. The molecule has 2 aromatic rings. The Kier molecular flexibility index (Phi) is 5.84. The van der Waals surface area contributed by atoms with Crippen LogP contribution < -0.4 is 0 Å². The third-order valence-electron chi connectivity index (χ3n) is 5.17. The molecule has 0 radical (unpaired) electrons. The van der Waals surface area contributed by atoms with Crippen LogP contribution >= 0.6 is 0 Å². The van der Waals surface area contributed by atoms with Crippen LogP contribution in [0.15, 0.2) is 78.1 Å². The minimum atomic E-state index is -1.21. The standard InChI is InChI=1S/C24H21NO6/c26-19-14-20-25(19)21(24(29)30-15-17-10-5-2-6-11-17)22(31-20)18(23(27)28)13-7-12-16-8-3-1-4-9-16/h1-12,20-21H,13-15H2,(H,27,28)/b12-7+,22-18-/t20-,21?/m1/s1. The van der Waals surface area contributed by atoms with Crippen LogP contribution in [0.2, 0.25) is 0 Å². The molecule has 2 aliphatic heterocycles. The molecule has 2 saturated heterocycles. The molecule has 7 nitrogen and oxygen atoms in total. The number of β-lactam (4-membered cyclic amide) rings is 1. The number of hydrogen-bond acceptors (Lipinski definition) is 5. The molecule has 2 heterocycles. The number of carbonyl (C=O) groups is 3. The maximum Gasteiger partial charge on any atom is 0.337 e. The summed E-state index contributed by atoms with van der Waals surface area (Å²) in [5, 5.41) is 9.77. The second-order valence-electron chi connectivity index (χ2n) is 7.24. The van der Waals surface area contributed by atoms with Crippen molar-refractivity contribution in [1.29, 1.82) is 0 Å². The van der Waals surface area contributed by atoms with Gasteiger partial charge >= 0.3 is 11.9 Å². The Labute approximate surface area is 179 Å². The molecule has 2 atom stereocenters. The molecular weight excluding hydrogens is 398 g/mol. The van der Waals surface area contributed by atoms with Crippen molar-refractivity contribution in [3.63, 3.8) is 0 Å². The van der Waals surface area contributed by atoms with Gasteiger partial charge in [-0.3, -0.25) is 9.69 Å². The van der Waals surface area contributed by atoms with E-state index < -0.39 is 24.2 Å².